The second-order valence-electron chi connectivity index (χ2n) is 4.75. The maximum Gasteiger partial charge on any atom is 0.320 e. The smallest absolute Gasteiger partial charge is 0.320 e. The quantitative estimate of drug-likeness (QED) is 0.907. The number of hydrogen-bond donors (Lipinski definition) is 2. The number of methoxy groups -OCH3 is 1. The molecule has 0 unspecified atom stereocenters. The van der Waals surface area contributed by atoms with Gasteiger partial charge in [-0.2, -0.15) is 4.98 Å². The molecular weight excluding hydrogens is 284 g/mol. The summed E-state index contributed by atoms with van der Waals surface area (Å²) in [6.07, 6.45) is 2.24. The van der Waals surface area contributed by atoms with Crippen LogP contribution in [0.5, 0.6) is 11.8 Å². The highest BCUT2D eigenvalue weighted by atomic mass is 16.5. The predicted octanol–water partition coefficient (Wildman–Crippen LogP) is 2.13. The minimum absolute atomic E-state index is 0.0892. The van der Waals surface area contributed by atoms with E-state index in [1.807, 2.05) is 24.3 Å². The molecule has 0 radical (unpaired) electrons. The molecule has 2 N–H and O–H groups in total. The van der Waals surface area contributed by atoms with Crippen molar-refractivity contribution in [2.24, 2.45) is 0 Å². The van der Waals surface area contributed by atoms with Crippen LogP contribution in [-0.4, -0.2) is 29.7 Å². The molecule has 2 heterocycles. The van der Waals surface area contributed by atoms with E-state index in [-0.39, 0.29) is 18.1 Å². The first-order valence-corrected chi connectivity index (χ1v) is 6.92. The largest absolute Gasteiger partial charge is 0.493 e. The van der Waals surface area contributed by atoms with Crippen molar-refractivity contribution in [3.05, 3.63) is 42.1 Å². The van der Waals surface area contributed by atoms with Gasteiger partial charge in [-0.3, -0.25) is 5.32 Å². The zero-order valence-corrected chi connectivity index (χ0v) is 12.1. The second kappa shape index (κ2) is 6.30. The highest BCUT2D eigenvalue weighted by Crippen LogP contribution is 2.31. The average molecular weight is 300 g/mol. The third-order valence-electron chi connectivity index (χ3n) is 3.32. The molecule has 1 aliphatic rings. The number of nitrogens with one attached hydrogen (secondary N) is 2. The summed E-state index contributed by atoms with van der Waals surface area (Å²) in [6, 6.07) is 9.07. The third kappa shape index (κ3) is 3.08. The van der Waals surface area contributed by atoms with Crippen molar-refractivity contribution in [1.82, 2.24) is 15.3 Å². The van der Waals surface area contributed by atoms with Gasteiger partial charge in [-0.1, -0.05) is 18.2 Å². The Balaban J connectivity index is 1.67. The maximum atomic E-state index is 12.1. The summed E-state index contributed by atoms with van der Waals surface area (Å²) in [5.41, 5.74) is 0.976. The molecule has 2 aromatic rings. The molecule has 0 aliphatic carbocycles. The molecule has 0 saturated heterocycles. The molecule has 114 valence electrons. The van der Waals surface area contributed by atoms with Crippen molar-refractivity contribution in [3.63, 3.8) is 0 Å². The summed E-state index contributed by atoms with van der Waals surface area (Å²) >= 11 is 0. The SMILES string of the molecule is COc1nccc(NC(=O)N[C@H]2CCOc3ccccc32)n1. The normalized spacial score (nSPS) is 16.1. The number of para-hydroxylation sites is 1. The van der Waals surface area contributed by atoms with Gasteiger partial charge in [0.15, 0.2) is 0 Å². The molecule has 3 rings (SSSR count). The van der Waals surface area contributed by atoms with E-state index in [0.29, 0.717) is 12.4 Å². The lowest BCUT2D eigenvalue weighted by molar-refractivity contribution is 0.232. The number of urea groups is 1. The van der Waals surface area contributed by atoms with Crippen molar-refractivity contribution >= 4 is 11.8 Å². The Kier molecular flexibility index (Phi) is 4.04. The lowest BCUT2D eigenvalue weighted by atomic mass is 10.0. The Hall–Kier alpha value is -2.83. The number of amides is 2. The number of ether oxygens (including phenoxy) is 2. The Morgan fingerprint density at radius 1 is 1.36 bits per heavy atom. The number of benzene rings is 1. The van der Waals surface area contributed by atoms with E-state index in [2.05, 4.69) is 20.6 Å². The fourth-order valence-corrected chi connectivity index (χ4v) is 2.31. The van der Waals surface area contributed by atoms with E-state index in [0.717, 1.165) is 17.7 Å². The highest BCUT2D eigenvalue weighted by Gasteiger charge is 2.22. The number of carbonyl (C=O) groups is 1. The predicted molar refractivity (Wildman–Crippen MR) is 80.0 cm³/mol. The van der Waals surface area contributed by atoms with Crippen LogP contribution < -0.4 is 20.1 Å². The molecule has 7 heteroatoms. The van der Waals surface area contributed by atoms with Gasteiger partial charge in [0.1, 0.15) is 11.6 Å². The van der Waals surface area contributed by atoms with Gasteiger partial charge in [-0.25, -0.2) is 9.78 Å². The van der Waals surface area contributed by atoms with Crippen LogP contribution in [0.25, 0.3) is 0 Å². The molecule has 0 bridgehead atoms. The molecule has 1 atom stereocenters. The van der Waals surface area contributed by atoms with Crippen LogP contribution in [0.4, 0.5) is 10.6 Å². The van der Waals surface area contributed by atoms with Crippen LogP contribution in [-0.2, 0) is 0 Å². The minimum Gasteiger partial charge on any atom is -0.493 e. The van der Waals surface area contributed by atoms with Crippen molar-refractivity contribution in [3.8, 4) is 11.8 Å². The Labute approximate surface area is 127 Å². The van der Waals surface area contributed by atoms with Gasteiger partial charge in [0, 0.05) is 18.2 Å². The number of carbonyl (C=O) groups excluding carboxylic acids is 1. The molecule has 1 aliphatic heterocycles. The second-order valence-corrected chi connectivity index (χ2v) is 4.75. The van der Waals surface area contributed by atoms with E-state index >= 15 is 0 Å². The van der Waals surface area contributed by atoms with Crippen LogP contribution in [0, 0.1) is 0 Å². The molecule has 7 nitrogen and oxygen atoms in total. The van der Waals surface area contributed by atoms with Gasteiger partial charge in [0.2, 0.25) is 0 Å². The maximum absolute atomic E-state index is 12.1. The lowest BCUT2D eigenvalue weighted by Crippen LogP contribution is -2.35. The zero-order chi connectivity index (χ0) is 15.4. The fraction of sp³-hybridized carbons (Fsp3) is 0.267. The summed E-state index contributed by atoms with van der Waals surface area (Å²) in [4.78, 5) is 20.1. The summed E-state index contributed by atoms with van der Waals surface area (Å²) in [5, 5.41) is 5.60. The number of nitrogens with zero attached hydrogens (tertiary/aromatic N) is 2. The van der Waals surface area contributed by atoms with Crippen LogP contribution in [0.2, 0.25) is 0 Å². The molecule has 1 aromatic carbocycles. The summed E-state index contributed by atoms with van der Waals surface area (Å²) in [6.45, 7) is 0.573. The fourth-order valence-electron chi connectivity index (χ4n) is 2.31. The van der Waals surface area contributed by atoms with Crippen LogP contribution in [0.1, 0.15) is 18.0 Å². The van der Waals surface area contributed by atoms with E-state index in [4.69, 9.17) is 9.47 Å². The van der Waals surface area contributed by atoms with Crippen molar-refractivity contribution in [2.75, 3.05) is 19.0 Å². The highest BCUT2D eigenvalue weighted by molar-refractivity contribution is 5.88. The number of anilines is 1. The Morgan fingerprint density at radius 3 is 3.09 bits per heavy atom. The first-order valence-electron chi connectivity index (χ1n) is 6.92. The van der Waals surface area contributed by atoms with Gasteiger partial charge in [0.05, 0.1) is 19.8 Å². The molecule has 22 heavy (non-hydrogen) atoms. The summed E-state index contributed by atoms with van der Waals surface area (Å²) < 4.78 is 10.5. The summed E-state index contributed by atoms with van der Waals surface area (Å²) in [7, 11) is 1.47. The van der Waals surface area contributed by atoms with E-state index in [9.17, 15) is 4.79 Å². The molecule has 0 fully saturated rings. The Morgan fingerprint density at radius 2 is 2.23 bits per heavy atom. The molecule has 0 spiro atoms. The van der Waals surface area contributed by atoms with E-state index in [1.54, 1.807) is 6.07 Å². The number of aromatic nitrogens is 2. The number of fused-ring (bicyclic) bond motifs is 1. The standard InChI is InChI=1S/C15H16N4O3/c1-21-15-16-8-6-13(19-15)18-14(20)17-11-7-9-22-12-5-3-2-4-10(11)12/h2-6,8,11H,7,9H2,1H3,(H2,16,17,18,19,20)/t11-/m0/s1. The topological polar surface area (TPSA) is 85.4 Å². The van der Waals surface area contributed by atoms with Gasteiger partial charge in [-0.05, 0) is 12.1 Å². The first-order chi connectivity index (χ1) is 10.8. The van der Waals surface area contributed by atoms with E-state index < -0.39 is 0 Å². The van der Waals surface area contributed by atoms with Gasteiger partial charge in [0.25, 0.3) is 0 Å². The number of rotatable bonds is 3. The zero-order valence-electron chi connectivity index (χ0n) is 12.1. The third-order valence-corrected chi connectivity index (χ3v) is 3.32. The van der Waals surface area contributed by atoms with Gasteiger partial charge in [-0.15, -0.1) is 0 Å². The Bertz CT molecular complexity index is 677. The van der Waals surface area contributed by atoms with Crippen molar-refractivity contribution in [1.29, 1.82) is 0 Å². The van der Waals surface area contributed by atoms with E-state index in [1.165, 1.54) is 13.3 Å². The van der Waals surface area contributed by atoms with Crippen LogP contribution in [0.15, 0.2) is 36.5 Å². The monoisotopic (exact) mass is 300 g/mol. The number of hydrogen-bond acceptors (Lipinski definition) is 5. The summed E-state index contributed by atoms with van der Waals surface area (Å²) in [5.74, 6) is 1.19. The first kappa shape index (κ1) is 14.1. The lowest BCUT2D eigenvalue weighted by Gasteiger charge is -2.26. The van der Waals surface area contributed by atoms with Crippen LogP contribution >= 0.6 is 0 Å². The van der Waals surface area contributed by atoms with Gasteiger partial charge >= 0.3 is 12.0 Å². The molecule has 0 saturated carbocycles. The minimum atomic E-state index is -0.331. The van der Waals surface area contributed by atoms with Crippen molar-refractivity contribution < 1.29 is 14.3 Å². The molecule has 1 aromatic heterocycles. The van der Waals surface area contributed by atoms with Crippen LogP contribution in [0.3, 0.4) is 0 Å². The van der Waals surface area contributed by atoms with Crippen molar-refractivity contribution in [2.45, 2.75) is 12.5 Å². The average Bonchev–Trinajstić information content (AvgIpc) is 2.55. The molecule has 2 amide bonds. The van der Waals surface area contributed by atoms with Gasteiger partial charge < -0.3 is 14.8 Å². The molecular formula is C15H16N4O3.